The minimum absolute atomic E-state index is 0.131. The monoisotopic (exact) mass is 362 g/mol. The highest BCUT2D eigenvalue weighted by molar-refractivity contribution is 5.96. The zero-order valence-electron chi connectivity index (χ0n) is 16.2. The lowest BCUT2D eigenvalue weighted by Gasteiger charge is -2.23. The molecule has 3 aromatic rings. The minimum Gasteiger partial charge on any atom is -0.344 e. The van der Waals surface area contributed by atoms with Gasteiger partial charge >= 0.3 is 0 Å². The van der Waals surface area contributed by atoms with Crippen molar-refractivity contribution in [3.63, 3.8) is 0 Å². The Kier molecular flexibility index (Phi) is 5.45. The fraction of sp³-hybridized carbons (Fsp3) is 0.304. The molecule has 140 valence electrons. The van der Waals surface area contributed by atoms with Gasteiger partial charge in [-0.25, -0.2) is 0 Å². The van der Waals surface area contributed by atoms with Crippen LogP contribution in [-0.2, 0) is 0 Å². The summed E-state index contributed by atoms with van der Waals surface area (Å²) in [5.41, 5.74) is 2.36. The molecule has 3 rings (SSSR count). The summed E-state index contributed by atoms with van der Waals surface area (Å²) in [4.78, 5) is 27.8. The van der Waals surface area contributed by atoms with Crippen LogP contribution in [0.15, 0.2) is 59.4 Å². The fourth-order valence-electron chi connectivity index (χ4n) is 3.28. The van der Waals surface area contributed by atoms with E-state index in [1.54, 1.807) is 12.1 Å². The Bertz CT molecular complexity index is 1000. The van der Waals surface area contributed by atoms with Crippen LogP contribution in [0.5, 0.6) is 0 Å². The van der Waals surface area contributed by atoms with Crippen LogP contribution in [-0.4, -0.2) is 10.9 Å². The lowest BCUT2D eigenvalue weighted by molar-refractivity contribution is 0.0920. The Hall–Kier alpha value is -2.88. The molecule has 1 aromatic heterocycles. The number of rotatable bonds is 5. The van der Waals surface area contributed by atoms with Gasteiger partial charge in [0.05, 0.1) is 6.04 Å². The average Bonchev–Trinajstić information content (AvgIpc) is 2.65. The smallest absolute Gasteiger partial charge is 0.268 e. The lowest BCUT2D eigenvalue weighted by atomic mass is 9.93. The van der Waals surface area contributed by atoms with Gasteiger partial charge in [0.2, 0.25) is 0 Å². The predicted octanol–water partition coefficient (Wildman–Crippen LogP) is 4.78. The van der Waals surface area contributed by atoms with Gasteiger partial charge in [-0.3, -0.25) is 9.59 Å². The van der Waals surface area contributed by atoms with Gasteiger partial charge in [-0.15, -0.1) is 0 Å². The van der Waals surface area contributed by atoms with Gasteiger partial charge in [-0.05, 0) is 40.5 Å². The Morgan fingerprint density at radius 1 is 0.926 bits per heavy atom. The molecule has 0 aliphatic heterocycles. The molecule has 0 spiro atoms. The van der Waals surface area contributed by atoms with Gasteiger partial charge in [0.15, 0.2) is 0 Å². The number of aromatic amines is 1. The molecule has 0 aliphatic carbocycles. The molecule has 2 N–H and O–H groups in total. The number of benzene rings is 2. The fourth-order valence-corrected chi connectivity index (χ4v) is 3.28. The summed E-state index contributed by atoms with van der Waals surface area (Å²) in [5.74, 6) is 0.407. The summed E-state index contributed by atoms with van der Waals surface area (Å²) in [6.07, 6.45) is 0. The molecule has 0 aliphatic rings. The second kappa shape index (κ2) is 7.78. The highest BCUT2D eigenvalue weighted by Crippen LogP contribution is 2.24. The quantitative estimate of drug-likeness (QED) is 0.686. The molecule has 0 saturated heterocycles. The van der Waals surface area contributed by atoms with E-state index < -0.39 is 0 Å². The molecular formula is C23H26N2O2. The Morgan fingerprint density at radius 3 is 2.19 bits per heavy atom. The van der Waals surface area contributed by atoms with Gasteiger partial charge in [-0.1, -0.05) is 70.2 Å². The van der Waals surface area contributed by atoms with E-state index in [9.17, 15) is 9.59 Å². The summed E-state index contributed by atoms with van der Waals surface area (Å²) < 4.78 is 0. The van der Waals surface area contributed by atoms with Crippen molar-refractivity contribution in [2.45, 2.75) is 39.7 Å². The van der Waals surface area contributed by atoms with Crippen molar-refractivity contribution in [2.75, 3.05) is 0 Å². The van der Waals surface area contributed by atoms with Crippen LogP contribution in [0, 0.1) is 5.92 Å². The van der Waals surface area contributed by atoms with E-state index in [1.165, 1.54) is 5.56 Å². The molecule has 27 heavy (non-hydrogen) atoms. The molecule has 1 unspecified atom stereocenters. The molecule has 1 heterocycles. The lowest BCUT2D eigenvalue weighted by Crippen LogP contribution is -2.33. The number of carbonyl (C=O) groups is 1. The molecule has 0 bridgehead atoms. The Labute approximate surface area is 159 Å². The van der Waals surface area contributed by atoms with Crippen molar-refractivity contribution >= 4 is 16.7 Å². The van der Waals surface area contributed by atoms with Gasteiger partial charge in [0.1, 0.15) is 5.69 Å². The number of nitrogens with one attached hydrogen (secondary N) is 2. The van der Waals surface area contributed by atoms with Crippen LogP contribution in [0.25, 0.3) is 10.8 Å². The minimum atomic E-state index is -0.274. The molecule has 1 atom stereocenters. The molecular weight excluding hydrogens is 336 g/mol. The summed E-state index contributed by atoms with van der Waals surface area (Å²) in [7, 11) is 0. The highest BCUT2D eigenvalue weighted by Gasteiger charge is 2.20. The van der Waals surface area contributed by atoms with Gasteiger partial charge in [0, 0.05) is 5.39 Å². The second-order valence-electron chi connectivity index (χ2n) is 7.62. The number of aromatic nitrogens is 1. The van der Waals surface area contributed by atoms with E-state index >= 15 is 0 Å². The Balaban J connectivity index is 1.88. The first-order chi connectivity index (χ1) is 12.9. The predicted molar refractivity (Wildman–Crippen MR) is 110 cm³/mol. The van der Waals surface area contributed by atoms with Crippen molar-refractivity contribution < 1.29 is 4.79 Å². The van der Waals surface area contributed by atoms with E-state index in [2.05, 4.69) is 62.3 Å². The SMILES string of the molecule is CC(C)c1ccc(C(NC(=O)c2cc3ccccc3c(=O)[nH]2)C(C)C)cc1. The van der Waals surface area contributed by atoms with E-state index in [-0.39, 0.29) is 29.1 Å². The van der Waals surface area contributed by atoms with E-state index in [0.717, 1.165) is 10.9 Å². The van der Waals surface area contributed by atoms with Gasteiger partial charge in [-0.2, -0.15) is 0 Å². The van der Waals surface area contributed by atoms with Crippen LogP contribution < -0.4 is 10.9 Å². The molecule has 2 aromatic carbocycles. The zero-order valence-corrected chi connectivity index (χ0v) is 16.2. The summed E-state index contributed by atoms with van der Waals surface area (Å²) in [6, 6.07) is 17.2. The standard InChI is InChI=1S/C23H26N2O2/c1-14(2)16-9-11-17(12-10-16)21(15(3)4)25-23(27)20-13-18-7-5-6-8-19(18)22(26)24-20/h5-15,21H,1-4H3,(H,24,26)(H,25,27). The first-order valence-corrected chi connectivity index (χ1v) is 9.39. The first-order valence-electron chi connectivity index (χ1n) is 9.39. The van der Waals surface area contributed by atoms with Crippen LogP contribution in [0.4, 0.5) is 0 Å². The van der Waals surface area contributed by atoms with Crippen molar-refractivity contribution in [1.82, 2.24) is 10.3 Å². The molecule has 0 radical (unpaired) electrons. The molecule has 0 fully saturated rings. The zero-order chi connectivity index (χ0) is 19.6. The van der Waals surface area contributed by atoms with Crippen molar-refractivity contribution in [2.24, 2.45) is 5.92 Å². The molecule has 0 saturated carbocycles. The summed E-state index contributed by atoms with van der Waals surface area (Å²) in [6.45, 7) is 8.47. The summed E-state index contributed by atoms with van der Waals surface area (Å²) >= 11 is 0. The number of hydrogen-bond donors (Lipinski definition) is 2. The normalized spacial score (nSPS) is 12.5. The van der Waals surface area contributed by atoms with Crippen molar-refractivity contribution in [3.8, 4) is 0 Å². The number of hydrogen-bond acceptors (Lipinski definition) is 2. The number of fused-ring (bicyclic) bond motifs is 1. The van der Waals surface area contributed by atoms with Crippen molar-refractivity contribution in [1.29, 1.82) is 0 Å². The van der Waals surface area contributed by atoms with E-state index in [4.69, 9.17) is 0 Å². The third kappa shape index (κ3) is 4.11. The Morgan fingerprint density at radius 2 is 1.56 bits per heavy atom. The third-order valence-corrected chi connectivity index (χ3v) is 4.91. The molecule has 4 nitrogen and oxygen atoms in total. The average molecular weight is 362 g/mol. The summed E-state index contributed by atoms with van der Waals surface area (Å²) in [5, 5.41) is 4.42. The topological polar surface area (TPSA) is 62.0 Å². The number of carbonyl (C=O) groups excluding carboxylic acids is 1. The van der Waals surface area contributed by atoms with Crippen LogP contribution >= 0.6 is 0 Å². The number of amides is 1. The highest BCUT2D eigenvalue weighted by atomic mass is 16.2. The van der Waals surface area contributed by atoms with Crippen LogP contribution in [0.2, 0.25) is 0 Å². The van der Waals surface area contributed by atoms with Gasteiger partial charge in [0.25, 0.3) is 11.5 Å². The first kappa shape index (κ1) is 18.9. The number of H-pyrrole nitrogens is 1. The van der Waals surface area contributed by atoms with Crippen molar-refractivity contribution in [3.05, 3.63) is 81.8 Å². The van der Waals surface area contributed by atoms with Crippen LogP contribution in [0.1, 0.15) is 61.3 Å². The van der Waals surface area contributed by atoms with Gasteiger partial charge < -0.3 is 10.3 Å². The maximum absolute atomic E-state index is 12.8. The largest absolute Gasteiger partial charge is 0.344 e. The maximum Gasteiger partial charge on any atom is 0.268 e. The third-order valence-electron chi connectivity index (χ3n) is 4.91. The van der Waals surface area contributed by atoms with Crippen LogP contribution in [0.3, 0.4) is 0 Å². The number of pyridine rings is 1. The molecule has 1 amide bonds. The molecule has 4 heteroatoms. The second-order valence-corrected chi connectivity index (χ2v) is 7.62. The van der Waals surface area contributed by atoms with E-state index in [1.807, 2.05) is 18.2 Å². The maximum atomic E-state index is 12.8. The van der Waals surface area contributed by atoms with E-state index in [0.29, 0.717) is 11.3 Å².